The van der Waals surface area contributed by atoms with Crippen LogP contribution in [-0.4, -0.2) is 96.7 Å². The van der Waals surface area contributed by atoms with E-state index < -0.39 is 97.5 Å². The van der Waals surface area contributed by atoms with Gasteiger partial charge in [0.15, 0.2) is 12.2 Å². The van der Waals surface area contributed by atoms with Gasteiger partial charge in [0.2, 0.25) is 0 Å². The number of hydrogen-bond acceptors (Lipinski definition) is 15. The first-order valence-electron chi connectivity index (χ1n) is 34.5. The van der Waals surface area contributed by atoms with Gasteiger partial charge in [0.25, 0.3) is 0 Å². The lowest BCUT2D eigenvalue weighted by atomic mass is 9.99. The number of phosphoric ester groups is 2. The van der Waals surface area contributed by atoms with E-state index in [0.29, 0.717) is 25.7 Å². The molecular formula is C66H128O17P2. The number of hydrogen-bond donors (Lipinski definition) is 3. The topological polar surface area (TPSA) is 237 Å². The van der Waals surface area contributed by atoms with Crippen LogP contribution < -0.4 is 0 Å². The van der Waals surface area contributed by atoms with Gasteiger partial charge in [0, 0.05) is 25.7 Å². The fourth-order valence-corrected chi connectivity index (χ4v) is 11.3. The lowest BCUT2D eigenvalue weighted by Crippen LogP contribution is -2.30. The largest absolute Gasteiger partial charge is 0.472 e. The Morgan fingerprint density at radius 1 is 0.329 bits per heavy atom. The molecule has 504 valence electrons. The van der Waals surface area contributed by atoms with Gasteiger partial charge >= 0.3 is 39.5 Å². The van der Waals surface area contributed by atoms with Crippen LogP contribution in [0, 0.1) is 17.8 Å². The van der Waals surface area contributed by atoms with Crippen molar-refractivity contribution in [1.29, 1.82) is 0 Å². The van der Waals surface area contributed by atoms with Crippen LogP contribution in [-0.2, 0) is 65.4 Å². The van der Waals surface area contributed by atoms with Crippen molar-refractivity contribution in [2.45, 2.75) is 343 Å². The second-order valence-corrected chi connectivity index (χ2v) is 27.5. The van der Waals surface area contributed by atoms with E-state index in [1.54, 1.807) is 0 Å². The Balaban J connectivity index is 5.27. The molecule has 0 saturated carbocycles. The van der Waals surface area contributed by atoms with Gasteiger partial charge in [0.1, 0.15) is 19.3 Å². The summed E-state index contributed by atoms with van der Waals surface area (Å²) in [6.45, 7) is 11.8. The first kappa shape index (κ1) is 83.1. The number of carbonyl (C=O) groups excluding carboxylic acids is 4. The highest BCUT2D eigenvalue weighted by Gasteiger charge is 2.30. The SMILES string of the molecule is CCCCCCCCCCCCCC(=O)O[C@H](COC(=O)CCCCCCCCC(C)CC)COP(=O)(O)OC[C@H](O)COP(=O)(O)OC[C@@H](COC(=O)CCCCCCCCCCC(C)CC)OC(=O)CCCCCCCCCCC(C)CC. The van der Waals surface area contributed by atoms with Gasteiger partial charge < -0.3 is 33.8 Å². The molecule has 17 nitrogen and oxygen atoms in total. The average molecular weight is 1260 g/mol. The molecule has 8 atom stereocenters. The summed E-state index contributed by atoms with van der Waals surface area (Å²) in [4.78, 5) is 72.3. The van der Waals surface area contributed by atoms with Gasteiger partial charge in [-0.05, 0) is 43.4 Å². The number of esters is 4. The molecule has 19 heteroatoms. The molecule has 0 aromatic carbocycles. The second kappa shape index (κ2) is 57.2. The maximum Gasteiger partial charge on any atom is 0.472 e. The second-order valence-electron chi connectivity index (χ2n) is 24.6. The molecule has 0 aliphatic rings. The molecule has 0 bridgehead atoms. The summed E-state index contributed by atoms with van der Waals surface area (Å²) in [5.41, 5.74) is 0. The third kappa shape index (κ3) is 57.0. The van der Waals surface area contributed by atoms with Crippen molar-refractivity contribution in [2.24, 2.45) is 17.8 Å². The van der Waals surface area contributed by atoms with Crippen LogP contribution in [0.15, 0.2) is 0 Å². The third-order valence-corrected chi connectivity index (χ3v) is 18.1. The highest BCUT2D eigenvalue weighted by Crippen LogP contribution is 2.45. The molecule has 5 unspecified atom stereocenters. The fourth-order valence-electron chi connectivity index (χ4n) is 9.74. The standard InChI is InChI=1S/C66H128O17P2/c1-8-12-13-14-15-16-17-18-26-35-42-49-65(70)82-62(54-77-64(69)48-41-34-29-28-32-39-46-59(7)11-4)56-81-85(74,75)79-52-60(67)51-78-84(72,73)80-55-61(83-66(71)50-43-36-27-22-20-24-31-38-45-58(6)10-3)53-76-63(68)47-40-33-25-21-19-23-30-37-44-57(5)9-2/h57-62,67H,8-56H2,1-7H3,(H,72,73)(H,74,75)/t57?,58?,59?,60-,61-,62-/m1/s1. The Morgan fingerprint density at radius 2 is 0.565 bits per heavy atom. The smallest absolute Gasteiger partial charge is 0.462 e. The van der Waals surface area contributed by atoms with Gasteiger partial charge in [0.05, 0.1) is 26.4 Å². The van der Waals surface area contributed by atoms with Crippen LogP contribution in [0.25, 0.3) is 0 Å². The zero-order valence-electron chi connectivity index (χ0n) is 55.1. The molecular weight excluding hydrogens is 1130 g/mol. The highest BCUT2D eigenvalue weighted by atomic mass is 31.2. The van der Waals surface area contributed by atoms with Crippen molar-refractivity contribution >= 4 is 39.5 Å². The predicted molar refractivity (Wildman–Crippen MR) is 340 cm³/mol. The Kier molecular flexibility index (Phi) is 55.9. The van der Waals surface area contributed by atoms with Crippen molar-refractivity contribution in [1.82, 2.24) is 0 Å². The molecule has 0 aromatic rings. The molecule has 0 aromatic heterocycles. The third-order valence-electron chi connectivity index (χ3n) is 16.2. The van der Waals surface area contributed by atoms with Gasteiger partial charge in [-0.15, -0.1) is 0 Å². The molecule has 0 aliphatic heterocycles. The quantitative estimate of drug-likeness (QED) is 0.0222. The van der Waals surface area contributed by atoms with Crippen molar-refractivity contribution in [3.63, 3.8) is 0 Å². The zero-order valence-corrected chi connectivity index (χ0v) is 56.9. The molecule has 0 aliphatic carbocycles. The van der Waals surface area contributed by atoms with E-state index in [-0.39, 0.29) is 25.7 Å². The van der Waals surface area contributed by atoms with E-state index in [1.165, 1.54) is 128 Å². The molecule has 0 amide bonds. The van der Waals surface area contributed by atoms with E-state index in [0.717, 1.165) is 114 Å². The summed E-state index contributed by atoms with van der Waals surface area (Å²) in [5.74, 6) is 0.144. The molecule has 0 heterocycles. The molecule has 0 rings (SSSR count). The van der Waals surface area contributed by atoms with Crippen molar-refractivity contribution < 1.29 is 80.2 Å². The summed E-state index contributed by atoms with van der Waals surface area (Å²) in [6, 6.07) is 0. The van der Waals surface area contributed by atoms with E-state index in [2.05, 4.69) is 48.5 Å². The average Bonchev–Trinajstić information content (AvgIpc) is 3.62. The van der Waals surface area contributed by atoms with Crippen LogP contribution in [0.2, 0.25) is 0 Å². The normalized spacial score (nSPS) is 15.3. The van der Waals surface area contributed by atoms with E-state index >= 15 is 0 Å². The van der Waals surface area contributed by atoms with Crippen molar-refractivity contribution in [3.8, 4) is 0 Å². The summed E-state index contributed by atoms with van der Waals surface area (Å²) in [7, 11) is -9.89. The van der Waals surface area contributed by atoms with Crippen LogP contribution >= 0.6 is 15.6 Å². The molecule has 0 fully saturated rings. The van der Waals surface area contributed by atoms with Crippen molar-refractivity contribution in [2.75, 3.05) is 39.6 Å². The van der Waals surface area contributed by atoms with Crippen LogP contribution in [0.4, 0.5) is 0 Å². The van der Waals surface area contributed by atoms with Gasteiger partial charge in [-0.2, -0.15) is 0 Å². The van der Waals surface area contributed by atoms with Crippen molar-refractivity contribution in [3.05, 3.63) is 0 Å². The Morgan fingerprint density at radius 3 is 0.835 bits per heavy atom. The van der Waals surface area contributed by atoms with Gasteiger partial charge in [-0.1, -0.05) is 273 Å². The lowest BCUT2D eigenvalue weighted by Gasteiger charge is -2.21. The van der Waals surface area contributed by atoms with E-state index in [4.69, 9.17) is 37.0 Å². The first-order chi connectivity index (χ1) is 40.8. The number of phosphoric acid groups is 2. The van der Waals surface area contributed by atoms with Crippen LogP contribution in [0.1, 0.15) is 325 Å². The minimum atomic E-state index is -4.95. The summed E-state index contributed by atoms with van der Waals surface area (Å²) >= 11 is 0. The zero-order chi connectivity index (χ0) is 63.1. The summed E-state index contributed by atoms with van der Waals surface area (Å²) in [5, 5.41) is 10.6. The predicted octanol–water partition coefficient (Wildman–Crippen LogP) is 18.3. The lowest BCUT2D eigenvalue weighted by molar-refractivity contribution is -0.161. The fraction of sp³-hybridized carbons (Fsp3) is 0.939. The van der Waals surface area contributed by atoms with E-state index in [9.17, 15) is 43.2 Å². The molecule has 3 N–H and O–H groups in total. The summed E-state index contributed by atoms with van der Waals surface area (Å²) in [6.07, 6.45) is 38.8. The van der Waals surface area contributed by atoms with Gasteiger partial charge in [-0.3, -0.25) is 37.3 Å². The Bertz CT molecular complexity index is 1690. The number of aliphatic hydroxyl groups excluding tert-OH is 1. The summed E-state index contributed by atoms with van der Waals surface area (Å²) < 4.78 is 68.1. The van der Waals surface area contributed by atoms with Crippen LogP contribution in [0.5, 0.6) is 0 Å². The Hall–Kier alpha value is -1.94. The number of aliphatic hydroxyl groups is 1. The number of ether oxygens (including phenoxy) is 4. The maximum absolute atomic E-state index is 13.0. The number of carbonyl (C=O) groups is 4. The van der Waals surface area contributed by atoms with E-state index in [1.807, 2.05) is 0 Å². The molecule has 0 spiro atoms. The minimum Gasteiger partial charge on any atom is -0.462 e. The molecule has 0 radical (unpaired) electrons. The van der Waals surface area contributed by atoms with Gasteiger partial charge in [-0.25, -0.2) is 9.13 Å². The van der Waals surface area contributed by atoms with Crippen LogP contribution in [0.3, 0.4) is 0 Å². The molecule has 85 heavy (non-hydrogen) atoms. The number of unbranched alkanes of at least 4 members (excludes halogenated alkanes) is 29. The minimum absolute atomic E-state index is 0.104. The Labute approximate surface area is 517 Å². The first-order valence-corrected chi connectivity index (χ1v) is 37.5. The number of rotatable bonds is 64. The highest BCUT2D eigenvalue weighted by molar-refractivity contribution is 7.47. The monoisotopic (exact) mass is 1250 g/mol. The molecule has 0 saturated heterocycles. The maximum atomic E-state index is 13.0.